The summed E-state index contributed by atoms with van der Waals surface area (Å²) in [4.78, 5) is 26.4. The summed E-state index contributed by atoms with van der Waals surface area (Å²) in [6.45, 7) is 7.61. The molecular formula is C16H20N4O4. The molecule has 0 aliphatic rings. The molecular weight excluding hydrogens is 312 g/mol. The molecule has 0 bridgehead atoms. The van der Waals surface area contributed by atoms with Crippen LogP contribution in [0.15, 0.2) is 24.4 Å². The summed E-state index contributed by atoms with van der Waals surface area (Å²) in [6.07, 6.45) is 0.922. The summed E-state index contributed by atoms with van der Waals surface area (Å²) in [5.41, 5.74) is 1.04. The Morgan fingerprint density at radius 3 is 2.58 bits per heavy atom. The standard InChI is InChI=1S/C16H20N4O4/c1-10-7-13(18-15(23)24-16(2,3)4)19-20(10)9-11-5-6-12(14(21)22)17-8-11/h5-8H,9H2,1-4H3,(H,21,22)(H,18,19,23). The number of hydrogen-bond acceptors (Lipinski definition) is 5. The largest absolute Gasteiger partial charge is 0.477 e. The number of aromatic nitrogens is 3. The average molecular weight is 332 g/mol. The first-order valence-electron chi connectivity index (χ1n) is 7.37. The van der Waals surface area contributed by atoms with E-state index in [2.05, 4.69) is 15.4 Å². The van der Waals surface area contributed by atoms with Gasteiger partial charge in [-0.25, -0.2) is 14.6 Å². The van der Waals surface area contributed by atoms with Crippen LogP contribution in [0.5, 0.6) is 0 Å². The van der Waals surface area contributed by atoms with Crippen molar-refractivity contribution in [2.24, 2.45) is 0 Å². The lowest BCUT2D eigenvalue weighted by molar-refractivity contribution is 0.0633. The molecule has 24 heavy (non-hydrogen) atoms. The molecule has 2 heterocycles. The van der Waals surface area contributed by atoms with Gasteiger partial charge in [0.2, 0.25) is 0 Å². The SMILES string of the molecule is Cc1cc(NC(=O)OC(C)(C)C)nn1Cc1ccc(C(=O)O)nc1. The number of pyridine rings is 1. The topological polar surface area (TPSA) is 106 Å². The summed E-state index contributed by atoms with van der Waals surface area (Å²) in [6, 6.07) is 4.85. The number of ether oxygens (including phenoxy) is 1. The van der Waals surface area contributed by atoms with Crippen molar-refractivity contribution >= 4 is 17.9 Å². The number of anilines is 1. The molecule has 0 atom stereocenters. The maximum absolute atomic E-state index is 11.8. The Hall–Kier alpha value is -2.90. The van der Waals surface area contributed by atoms with Gasteiger partial charge in [0.1, 0.15) is 11.3 Å². The molecule has 0 aromatic carbocycles. The number of nitrogens with zero attached hydrogens (tertiary/aromatic N) is 3. The van der Waals surface area contributed by atoms with Crippen LogP contribution in [0.1, 0.15) is 42.5 Å². The van der Waals surface area contributed by atoms with E-state index in [-0.39, 0.29) is 5.69 Å². The second kappa shape index (κ2) is 6.69. The molecule has 2 aromatic heterocycles. The van der Waals surface area contributed by atoms with Gasteiger partial charge in [0, 0.05) is 18.0 Å². The second-order valence-electron chi connectivity index (χ2n) is 6.31. The maximum atomic E-state index is 11.8. The van der Waals surface area contributed by atoms with E-state index < -0.39 is 17.7 Å². The highest BCUT2D eigenvalue weighted by molar-refractivity contribution is 5.85. The fraction of sp³-hybridized carbons (Fsp3) is 0.375. The van der Waals surface area contributed by atoms with Crippen LogP contribution in [0.25, 0.3) is 0 Å². The Labute approximate surface area is 139 Å². The van der Waals surface area contributed by atoms with E-state index in [1.807, 2.05) is 6.92 Å². The first kappa shape index (κ1) is 17.5. The number of nitrogens with one attached hydrogen (secondary N) is 1. The first-order chi connectivity index (χ1) is 11.1. The second-order valence-corrected chi connectivity index (χ2v) is 6.31. The Kier molecular flexibility index (Phi) is 4.87. The van der Waals surface area contributed by atoms with Gasteiger partial charge >= 0.3 is 12.1 Å². The minimum absolute atomic E-state index is 0.0109. The lowest BCUT2D eigenvalue weighted by atomic mass is 10.2. The summed E-state index contributed by atoms with van der Waals surface area (Å²) < 4.78 is 6.86. The van der Waals surface area contributed by atoms with E-state index in [0.717, 1.165) is 11.3 Å². The van der Waals surface area contributed by atoms with E-state index in [1.165, 1.54) is 12.3 Å². The number of rotatable bonds is 4. The third kappa shape index (κ3) is 4.80. The number of carboxylic acid groups (broad SMARTS) is 1. The monoisotopic (exact) mass is 332 g/mol. The van der Waals surface area contributed by atoms with E-state index in [4.69, 9.17) is 9.84 Å². The smallest absolute Gasteiger partial charge is 0.413 e. The summed E-state index contributed by atoms with van der Waals surface area (Å²) in [5.74, 6) is -0.683. The molecule has 1 amide bonds. The van der Waals surface area contributed by atoms with Crippen LogP contribution < -0.4 is 5.32 Å². The normalized spacial score (nSPS) is 11.2. The van der Waals surface area contributed by atoms with E-state index in [9.17, 15) is 9.59 Å². The molecule has 8 heteroatoms. The Morgan fingerprint density at radius 1 is 1.33 bits per heavy atom. The van der Waals surface area contributed by atoms with Gasteiger partial charge < -0.3 is 9.84 Å². The summed E-state index contributed by atoms with van der Waals surface area (Å²) >= 11 is 0. The molecule has 2 N–H and O–H groups in total. The van der Waals surface area contributed by atoms with Crippen molar-refractivity contribution in [2.45, 2.75) is 39.8 Å². The molecule has 0 saturated carbocycles. The van der Waals surface area contributed by atoms with Crippen LogP contribution in [-0.2, 0) is 11.3 Å². The summed E-state index contributed by atoms with van der Waals surface area (Å²) in [5, 5.41) is 15.7. The Morgan fingerprint density at radius 2 is 2.04 bits per heavy atom. The van der Waals surface area contributed by atoms with Crippen molar-refractivity contribution in [3.63, 3.8) is 0 Å². The molecule has 2 aromatic rings. The zero-order valence-electron chi connectivity index (χ0n) is 14.0. The highest BCUT2D eigenvalue weighted by atomic mass is 16.6. The van der Waals surface area contributed by atoms with Crippen LogP contribution in [0.4, 0.5) is 10.6 Å². The summed E-state index contributed by atoms with van der Waals surface area (Å²) in [7, 11) is 0. The molecule has 128 valence electrons. The van der Waals surface area contributed by atoms with Gasteiger partial charge in [-0.2, -0.15) is 5.10 Å². The van der Waals surface area contributed by atoms with E-state index in [1.54, 1.807) is 37.6 Å². The molecule has 0 aliphatic heterocycles. The van der Waals surface area contributed by atoms with Crippen molar-refractivity contribution in [3.8, 4) is 0 Å². The third-order valence-corrected chi connectivity index (χ3v) is 2.99. The van der Waals surface area contributed by atoms with Crippen LogP contribution in [0, 0.1) is 6.92 Å². The third-order valence-electron chi connectivity index (χ3n) is 2.99. The Balaban J connectivity index is 2.06. The van der Waals surface area contributed by atoms with Gasteiger partial charge in [-0.05, 0) is 39.3 Å². The number of carbonyl (C=O) groups excluding carboxylic acids is 1. The number of aryl methyl sites for hydroxylation is 1. The number of hydrogen-bond donors (Lipinski definition) is 2. The van der Waals surface area contributed by atoms with Gasteiger partial charge in [-0.15, -0.1) is 0 Å². The van der Waals surface area contributed by atoms with E-state index >= 15 is 0 Å². The van der Waals surface area contributed by atoms with Crippen molar-refractivity contribution in [1.82, 2.24) is 14.8 Å². The maximum Gasteiger partial charge on any atom is 0.413 e. The lowest BCUT2D eigenvalue weighted by Crippen LogP contribution is -2.27. The molecule has 2 rings (SSSR count). The van der Waals surface area contributed by atoms with Gasteiger partial charge in [0.25, 0.3) is 0 Å². The number of carboxylic acids is 1. The van der Waals surface area contributed by atoms with Gasteiger partial charge in [0.05, 0.1) is 6.54 Å². The highest BCUT2D eigenvalue weighted by Crippen LogP contribution is 2.13. The molecule has 0 aliphatic carbocycles. The van der Waals surface area contributed by atoms with Gasteiger partial charge in [-0.3, -0.25) is 10.00 Å². The van der Waals surface area contributed by atoms with Crippen molar-refractivity contribution in [3.05, 3.63) is 41.3 Å². The predicted molar refractivity (Wildman–Crippen MR) is 87.1 cm³/mol. The number of amides is 1. The molecule has 0 unspecified atom stereocenters. The molecule has 0 radical (unpaired) electrons. The molecule has 0 fully saturated rings. The quantitative estimate of drug-likeness (QED) is 0.891. The van der Waals surface area contributed by atoms with Crippen molar-refractivity contribution in [2.75, 3.05) is 5.32 Å². The fourth-order valence-corrected chi connectivity index (χ4v) is 1.96. The van der Waals surface area contributed by atoms with Crippen LogP contribution >= 0.6 is 0 Å². The van der Waals surface area contributed by atoms with Crippen molar-refractivity contribution < 1.29 is 19.4 Å². The average Bonchev–Trinajstić information content (AvgIpc) is 2.77. The molecule has 8 nitrogen and oxygen atoms in total. The molecule has 0 spiro atoms. The zero-order valence-corrected chi connectivity index (χ0v) is 14.0. The van der Waals surface area contributed by atoms with Crippen molar-refractivity contribution in [1.29, 1.82) is 0 Å². The lowest BCUT2D eigenvalue weighted by Gasteiger charge is -2.19. The minimum Gasteiger partial charge on any atom is -0.477 e. The molecule has 0 saturated heterocycles. The van der Waals surface area contributed by atoms with Crippen LogP contribution in [-0.4, -0.2) is 37.5 Å². The number of carbonyl (C=O) groups is 2. The zero-order chi connectivity index (χ0) is 17.9. The van der Waals surface area contributed by atoms with Gasteiger partial charge in [-0.1, -0.05) is 6.07 Å². The number of aromatic carboxylic acids is 1. The highest BCUT2D eigenvalue weighted by Gasteiger charge is 2.17. The first-order valence-corrected chi connectivity index (χ1v) is 7.37. The predicted octanol–water partition coefficient (Wildman–Crippen LogP) is 2.68. The Bertz CT molecular complexity index is 744. The fourth-order valence-electron chi connectivity index (χ4n) is 1.96. The van der Waals surface area contributed by atoms with Crippen LogP contribution in [0.3, 0.4) is 0 Å². The minimum atomic E-state index is -1.07. The van der Waals surface area contributed by atoms with E-state index in [0.29, 0.717) is 12.4 Å². The van der Waals surface area contributed by atoms with Gasteiger partial charge in [0.15, 0.2) is 5.82 Å². The van der Waals surface area contributed by atoms with Crippen LogP contribution in [0.2, 0.25) is 0 Å².